The largest absolute Gasteiger partial charge is 0.481 e. The van der Waals surface area contributed by atoms with Crippen molar-refractivity contribution in [2.24, 2.45) is 5.92 Å². The molecule has 2 rings (SSSR count). The Balaban J connectivity index is 1.64. The van der Waals surface area contributed by atoms with Crippen LogP contribution in [0.2, 0.25) is 0 Å². The molecular formula is C25H38O4S. The van der Waals surface area contributed by atoms with Gasteiger partial charge in [0.2, 0.25) is 0 Å². The zero-order valence-electron chi connectivity index (χ0n) is 18.4. The van der Waals surface area contributed by atoms with Crippen molar-refractivity contribution in [2.45, 2.75) is 94.8 Å². The molecule has 1 aliphatic carbocycles. The van der Waals surface area contributed by atoms with Crippen molar-refractivity contribution < 1.29 is 19.8 Å². The van der Waals surface area contributed by atoms with Crippen molar-refractivity contribution in [2.75, 3.05) is 5.75 Å². The summed E-state index contributed by atoms with van der Waals surface area (Å²) in [5, 5.41) is 19.8. The molecule has 4 nitrogen and oxygen atoms in total. The maximum atomic E-state index is 12.3. The van der Waals surface area contributed by atoms with E-state index in [1.165, 1.54) is 5.56 Å². The molecule has 0 amide bonds. The van der Waals surface area contributed by atoms with Gasteiger partial charge in [-0.25, -0.2) is 0 Å². The Bertz CT molecular complexity index is 644. The number of Topliss-reactive ketones (excluding diaryl/α,β-unsaturated/α-hetero) is 1. The molecule has 0 heterocycles. The number of aliphatic carboxylic acids is 1. The summed E-state index contributed by atoms with van der Waals surface area (Å²) in [5.74, 6) is 0.444. The summed E-state index contributed by atoms with van der Waals surface area (Å²) < 4.78 is 0. The monoisotopic (exact) mass is 434 g/mol. The van der Waals surface area contributed by atoms with E-state index in [0.717, 1.165) is 64.2 Å². The first-order chi connectivity index (χ1) is 14.4. The number of aryl methyl sites for hydroxylation is 1. The first-order valence-corrected chi connectivity index (χ1v) is 12.5. The van der Waals surface area contributed by atoms with Crippen LogP contribution in [0.1, 0.15) is 83.1 Å². The van der Waals surface area contributed by atoms with Gasteiger partial charge in [-0.15, -0.1) is 0 Å². The Kier molecular flexibility index (Phi) is 10.9. The lowest BCUT2D eigenvalue weighted by atomic mass is 9.98. The van der Waals surface area contributed by atoms with Gasteiger partial charge >= 0.3 is 5.97 Å². The highest BCUT2D eigenvalue weighted by atomic mass is 32.2. The van der Waals surface area contributed by atoms with E-state index in [2.05, 4.69) is 24.3 Å². The van der Waals surface area contributed by atoms with Crippen LogP contribution in [0.5, 0.6) is 0 Å². The second-order valence-electron chi connectivity index (χ2n) is 9.00. The van der Waals surface area contributed by atoms with E-state index in [1.54, 1.807) is 11.8 Å². The summed E-state index contributed by atoms with van der Waals surface area (Å²) in [7, 11) is 0. The molecule has 168 valence electrons. The summed E-state index contributed by atoms with van der Waals surface area (Å²) in [6.07, 6.45) is 10.3. The quantitative estimate of drug-likeness (QED) is 0.349. The highest BCUT2D eigenvalue weighted by Crippen LogP contribution is 2.37. The number of unbranched alkanes of at least 4 members (excludes halogenated alkanes) is 4. The number of carbonyl (C=O) groups excluding carboxylic acids is 1. The fraction of sp³-hybridized carbons (Fsp3) is 0.680. The lowest BCUT2D eigenvalue weighted by molar-refractivity contribution is -0.137. The molecule has 1 aromatic rings. The van der Waals surface area contributed by atoms with Gasteiger partial charge < -0.3 is 10.2 Å². The van der Waals surface area contributed by atoms with Crippen molar-refractivity contribution in [3.8, 4) is 0 Å². The normalized spacial score (nSPS) is 20.9. The fourth-order valence-electron chi connectivity index (χ4n) is 4.26. The number of ketones is 1. The van der Waals surface area contributed by atoms with Crippen molar-refractivity contribution >= 4 is 23.5 Å². The number of aliphatic hydroxyl groups is 1. The number of rotatable bonds is 15. The molecule has 1 aliphatic rings. The number of carboxylic acid groups (broad SMARTS) is 1. The van der Waals surface area contributed by atoms with Crippen molar-refractivity contribution in [1.29, 1.82) is 0 Å². The third-order valence-electron chi connectivity index (χ3n) is 6.08. The van der Waals surface area contributed by atoms with E-state index >= 15 is 0 Å². The van der Waals surface area contributed by atoms with Crippen molar-refractivity contribution in [1.82, 2.24) is 0 Å². The molecule has 0 saturated heterocycles. The number of thioether (sulfide) groups is 1. The Hall–Kier alpha value is -1.33. The predicted molar refractivity (Wildman–Crippen MR) is 124 cm³/mol. The molecule has 0 aromatic heterocycles. The second-order valence-corrected chi connectivity index (χ2v) is 10.2. The fourth-order valence-corrected chi connectivity index (χ4v) is 5.78. The second kappa shape index (κ2) is 13.2. The zero-order valence-corrected chi connectivity index (χ0v) is 19.2. The van der Waals surface area contributed by atoms with Gasteiger partial charge in [-0.3, -0.25) is 9.59 Å². The Labute approximate surface area is 185 Å². The van der Waals surface area contributed by atoms with Crippen molar-refractivity contribution in [3.63, 3.8) is 0 Å². The van der Waals surface area contributed by atoms with Crippen LogP contribution in [0.3, 0.4) is 0 Å². The molecule has 0 spiro atoms. The van der Waals surface area contributed by atoms with E-state index in [0.29, 0.717) is 23.2 Å². The van der Waals surface area contributed by atoms with Crippen LogP contribution in [0.4, 0.5) is 0 Å². The topological polar surface area (TPSA) is 74.6 Å². The van der Waals surface area contributed by atoms with Crippen LogP contribution >= 0.6 is 11.8 Å². The van der Waals surface area contributed by atoms with Gasteiger partial charge in [-0.1, -0.05) is 56.0 Å². The minimum absolute atomic E-state index is 0.114. The first kappa shape index (κ1) is 24.9. The average molecular weight is 435 g/mol. The van der Waals surface area contributed by atoms with Crippen LogP contribution in [0, 0.1) is 5.92 Å². The number of benzene rings is 1. The molecule has 2 N–H and O–H groups in total. The van der Waals surface area contributed by atoms with Gasteiger partial charge in [-0.2, -0.15) is 11.8 Å². The van der Waals surface area contributed by atoms with E-state index < -0.39 is 11.6 Å². The highest BCUT2D eigenvalue weighted by molar-refractivity contribution is 8.00. The van der Waals surface area contributed by atoms with Crippen LogP contribution in [0.15, 0.2) is 30.3 Å². The third-order valence-corrected chi connectivity index (χ3v) is 7.86. The molecule has 1 aromatic carbocycles. The first-order valence-electron chi connectivity index (χ1n) is 11.5. The van der Waals surface area contributed by atoms with Gasteiger partial charge in [0, 0.05) is 29.8 Å². The molecule has 30 heavy (non-hydrogen) atoms. The molecule has 0 radical (unpaired) electrons. The molecule has 3 unspecified atom stereocenters. The van der Waals surface area contributed by atoms with Crippen LogP contribution in [0.25, 0.3) is 0 Å². The predicted octanol–water partition coefficient (Wildman–Crippen LogP) is 5.66. The van der Waals surface area contributed by atoms with Crippen LogP contribution in [-0.2, 0) is 16.0 Å². The molecule has 5 heteroatoms. The molecule has 0 aliphatic heterocycles. The SMILES string of the molecule is CC(O)(CCCCc1ccccc1)CSC1CCC(=O)C1CCCCCCC(=O)O. The Morgan fingerprint density at radius 2 is 1.83 bits per heavy atom. The van der Waals surface area contributed by atoms with Crippen LogP contribution < -0.4 is 0 Å². The summed E-state index contributed by atoms with van der Waals surface area (Å²) >= 11 is 1.78. The lowest BCUT2D eigenvalue weighted by Crippen LogP contribution is -2.29. The van der Waals surface area contributed by atoms with Gasteiger partial charge in [0.25, 0.3) is 0 Å². The van der Waals surface area contributed by atoms with Crippen LogP contribution in [-0.4, -0.2) is 38.6 Å². The van der Waals surface area contributed by atoms with Gasteiger partial charge in [0.05, 0.1) is 5.60 Å². The van der Waals surface area contributed by atoms with Gasteiger partial charge in [0.15, 0.2) is 0 Å². The summed E-state index contributed by atoms with van der Waals surface area (Å²) in [5.41, 5.74) is 0.663. The minimum Gasteiger partial charge on any atom is -0.481 e. The van der Waals surface area contributed by atoms with E-state index in [1.807, 2.05) is 13.0 Å². The van der Waals surface area contributed by atoms with E-state index in [-0.39, 0.29) is 12.3 Å². The number of hydrogen-bond donors (Lipinski definition) is 2. The Morgan fingerprint density at radius 3 is 2.57 bits per heavy atom. The third kappa shape index (κ3) is 9.65. The molecule has 1 fully saturated rings. The number of hydrogen-bond acceptors (Lipinski definition) is 4. The standard InChI is InChI=1S/C25H38O4S/c1-25(29,18-10-9-13-20-11-5-4-6-12-20)19-30-23-17-16-22(26)21(23)14-7-2-3-8-15-24(27)28/h4-6,11-12,21,23,29H,2-3,7-10,13-19H2,1H3,(H,27,28). The maximum Gasteiger partial charge on any atom is 0.303 e. The number of carboxylic acids is 1. The highest BCUT2D eigenvalue weighted by Gasteiger charge is 2.35. The maximum absolute atomic E-state index is 12.3. The van der Waals surface area contributed by atoms with E-state index in [4.69, 9.17) is 5.11 Å². The Morgan fingerprint density at radius 1 is 1.10 bits per heavy atom. The summed E-state index contributed by atoms with van der Waals surface area (Å²) in [4.78, 5) is 22.9. The minimum atomic E-state index is -0.732. The molecular weight excluding hydrogens is 396 g/mol. The molecule has 3 atom stereocenters. The summed E-state index contributed by atoms with van der Waals surface area (Å²) in [6.45, 7) is 1.93. The molecule has 1 saturated carbocycles. The smallest absolute Gasteiger partial charge is 0.303 e. The van der Waals surface area contributed by atoms with Crippen molar-refractivity contribution in [3.05, 3.63) is 35.9 Å². The van der Waals surface area contributed by atoms with Gasteiger partial charge in [-0.05, 0) is 51.0 Å². The zero-order chi connectivity index (χ0) is 21.8. The summed E-state index contributed by atoms with van der Waals surface area (Å²) in [6, 6.07) is 10.5. The molecule has 0 bridgehead atoms. The van der Waals surface area contributed by atoms with Gasteiger partial charge in [0.1, 0.15) is 5.78 Å². The number of carbonyl (C=O) groups is 2. The van der Waals surface area contributed by atoms with E-state index in [9.17, 15) is 14.7 Å². The lowest BCUT2D eigenvalue weighted by Gasteiger charge is -2.26. The average Bonchev–Trinajstić information content (AvgIpc) is 3.07.